The van der Waals surface area contributed by atoms with Crippen LogP contribution < -0.4 is 5.73 Å². The minimum atomic E-state index is -1.04. The van der Waals surface area contributed by atoms with Crippen LogP contribution >= 0.6 is 0 Å². The van der Waals surface area contributed by atoms with Gasteiger partial charge in [0, 0.05) is 0 Å². The Morgan fingerprint density at radius 2 is 2.11 bits per heavy atom. The Balaban J connectivity index is 2.77. The summed E-state index contributed by atoms with van der Waals surface area (Å²) in [5.41, 5.74) is 6.36. The van der Waals surface area contributed by atoms with E-state index in [1.807, 2.05) is 0 Å². The molecule has 1 heterocycles. The Kier molecular flexibility index (Phi) is 2.78. The molecule has 1 aromatic carbocycles. The number of nitrogens with two attached hydrogens (primary N) is 1. The number of imidazole rings is 1. The van der Waals surface area contributed by atoms with Gasteiger partial charge in [0.2, 0.25) is 5.91 Å². The zero-order valence-electron chi connectivity index (χ0n) is 10.0. The quantitative estimate of drug-likeness (QED) is 0.848. The van der Waals surface area contributed by atoms with Gasteiger partial charge in [-0.2, -0.15) is 0 Å². The number of carboxylic acid groups (broad SMARTS) is 1. The van der Waals surface area contributed by atoms with E-state index in [0.29, 0.717) is 16.9 Å². The SMILES string of the molecule is Cc1nc2c(C(=O)O)cccc2n1C(C)C(N)=O. The van der Waals surface area contributed by atoms with Crippen LogP contribution in [0.5, 0.6) is 0 Å². The summed E-state index contributed by atoms with van der Waals surface area (Å²) < 4.78 is 1.64. The van der Waals surface area contributed by atoms with Crippen molar-refractivity contribution in [3.05, 3.63) is 29.6 Å². The third-order valence-corrected chi connectivity index (χ3v) is 2.93. The molecule has 0 fully saturated rings. The summed E-state index contributed by atoms with van der Waals surface area (Å²) in [6.45, 7) is 3.37. The molecule has 2 rings (SSSR count). The average molecular weight is 247 g/mol. The summed E-state index contributed by atoms with van der Waals surface area (Å²) in [5.74, 6) is -0.972. The Morgan fingerprint density at radius 3 is 2.67 bits per heavy atom. The van der Waals surface area contributed by atoms with E-state index in [1.165, 1.54) is 6.07 Å². The summed E-state index contributed by atoms with van der Waals surface area (Å²) in [5, 5.41) is 9.09. The molecule has 0 saturated heterocycles. The predicted molar refractivity (Wildman–Crippen MR) is 65.3 cm³/mol. The van der Waals surface area contributed by atoms with Crippen molar-refractivity contribution in [2.45, 2.75) is 19.9 Å². The van der Waals surface area contributed by atoms with E-state index in [2.05, 4.69) is 4.98 Å². The Hall–Kier alpha value is -2.37. The number of hydrogen-bond acceptors (Lipinski definition) is 3. The van der Waals surface area contributed by atoms with Gasteiger partial charge in [0.1, 0.15) is 17.4 Å². The number of aromatic carboxylic acids is 1. The maximum atomic E-state index is 11.3. The first-order valence-electron chi connectivity index (χ1n) is 5.43. The lowest BCUT2D eigenvalue weighted by atomic mass is 10.2. The van der Waals surface area contributed by atoms with E-state index in [4.69, 9.17) is 10.8 Å². The molecule has 0 saturated carbocycles. The third-order valence-electron chi connectivity index (χ3n) is 2.93. The number of benzene rings is 1. The van der Waals surface area contributed by atoms with Gasteiger partial charge in [-0.25, -0.2) is 9.78 Å². The molecule has 1 amide bonds. The number of rotatable bonds is 3. The smallest absolute Gasteiger partial charge is 0.337 e. The number of aromatic nitrogens is 2. The van der Waals surface area contributed by atoms with Crippen molar-refractivity contribution in [1.82, 2.24) is 9.55 Å². The molecular weight excluding hydrogens is 234 g/mol. The summed E-state index contributed by atoms with van der Waals surface area (Å²) in [4.78, 5) is 26.6. The number of amides is 1. The van der Waals surface area contributed by atoms with E-state index < -0.39 is 17.9 Å². The zero-order chi connectivity index (χ0) is 13.4. The predicted octanol–water partition coefficient (Wildman–Crippen LogP) is 1.09. The molecule has 18 heavy (non-hydrogen) atoms. The van der Waals surface area contributed by atoms with Gasteiger partial charge in [-0.15, -0.1) is 0 Å². The Labute approximate surface area is 103 Å². The maximum Gasteiger partial charge on any atom is 0.337 e. The highest BCUT2D eigenvalue weighted by molar-refractivity contribution is 6.01. The minimum Gasteiger partial charge on any atom is -0.478 e. The van der Waals surface area contributed by atoms with Gasteiger partial charge < -0.3 is 15.4 Å². The Bertz CT molecular complexity index is 645. The molecule has 2 aromatic rings. The molecule has 0 radical (unpaired) electrons. The molecule has 0 aliphatic rings. The first kappa shape index (κ1) is 12.1. The summed E-state index contributed by atoms with van der Waals surface area (Å²) in [6.07, 6.45) is 0. The first-order valence-corrected chi connectivity index (χ1v) is 5.43. The second kappa shape index (κ2) is 4.14. The van der Waals surface area contributed by atoms with E-state index in [0.717, 1.165) is 0 Å². The number of fused-ring (bicyclic) bond motifs is 1. The second-order valence-electron chi connectivity index (χ2n) is 4.09. The highest BCUT2D eigenvalue weighted by Gasteiger charge is 2.20. The average Bonchev–Trinajstić information content (AvgIpc) is 2.63. The maximum absolute atomic E-state index is 11.3. The van der Waals surface area contributed by atoms with Gasteiger partial charge in [-0.3, -0.25) is 4.79 Å². The van der Waals surface area contributed by atoms with Crippen molar-refractivity contribution in [1.29, 1.82) is 0 Å². The van der Waals surface area contributed by atoms with Crippen molar-refractivity contribution in [3.63, 3.8) is 0 Å². The minimum absolute atomic E-state index is 0.117. The second-order valence-corrected chi connectivity index (χ2v) is 4.09. The van der Waals surface area contributed by atoms with Gasteiger partial charge in [0.05, 0.1) is 11.1 Å². The number of nitrogens with zero attached hydrogens (tertiary/aromatic N) is 2. The largest absolute Gasteiger partial charge is 0.478 e. The van der Waals surface area contributed by atoms with E-state index in [-0.39, 0.29) is 5.56 Å². The molecule has 94 valence electrons. The number of aryl methyl sites for hydroxylation is 1. The topological polar surface area (TPSA) is 98.2 Å². The van der Waals surface area contributed by atoms with Gasteiger partial charge >= 0.3 is 5.97 Å². The number of carboxylic acids is 1. The zero-order valence-corrected chi connectivity index (χ0v) is 10.0. The molecule has 0 aliphatic carbocycles. The first-order chi connectivity index (χ1) is 8.43. The molecule has 0 bridgehead atoms. The number of hydrogen-bond donors (Lipinski definition) is 2. The van der Waals surface area contributed by atoms with E-state index in [9.17, 15) is 9.59 Å². The normalized spacial score (nSPS) is 12.6. The standard InChI is InChI=1S/C12H13N3O3/c1-6(11(13)16)15-7(2)14-10-8(12(17)18)4-3-5-9(10)15/h3-6H,1-2H3,(H2,13,16)(H,17,18). The fraction of sp³-hybridized carbons (Fsp3) is 0.250. The molecule has 1 aromatic heterocycles. The van der Waals surface area contributed by atoms with E-state index >= 15 is 0 Å². The summed E-state index contributed by atoms with van der Waals surface area (Å²) >= 11 is 0. The van der Waals surface area contributed by atoms with Crippen LogP contribution in [0.4, 0.5) is 0 Å². The molecule has 6 heteroatoms. The van der Waals surface area contributed by atoms with Crippen molar-refractivity contribution in [3.8, 4) is 0 Å². The van der Waals surface area contributed by atoms with Crippen molar-refractivity contribution in [2.24, 2.45) is 5.73 Å². The van der Waals surface area contributed by atoms with Crippen LogP contribution in [0.3, 0.4) is 0 Å². The lowest BCUT2D eigenvalue weighted by Crippen LogP contribution is -2.24. The molecule has 0 aliphatic heterocycles. The van der Waals surface area contributed by atoms with Gasteiger partial charge in [0.25, 0.3) is 0 Å². The summed E-state index contributed by atoms with van der Waals surface area (Å²) in [6, 6.07) is 4.26. The van der Waals surface area contributed by atoms with Crippen LogP contribution in [0.2, 0.25) is 0 Å². The van der Waals surface area contributed by atoms with Crippen molar-refractivity contribution < 1.29 is 14.7 Å². The van der Waals surface area contributed by atoms with Gasteiger partial charge in [0.15, 0.2) is 0 Å². The molecular formula is C12H13N3O3. The molecule has 1 atom stereocenters. The van der Waals surface area contributed by atoms with Crippen LogP contribution in [0, 0.1) is 6.92 Å². The third kappa shape index (κ3) is 1.71. The Morgan fingerprint density at radius 1 is 1.44 bits per heavy atom. The lowest BCUT2D eigenvalue weighted by Gasteiger charge is -2.12. The molecule has 3 N–H and O–H groups in total. The fourth-order valence-corrected chi connectivity index (χ4v) is 2.02. The van der Waals surface area contributed by atoms with Crippen molar-refractivity contribution >= 4 is 22.9 Å². The van der Waals surface area contributed by atoms with Gasteiger partial charge in [-0.05, 0) is 26.0 Å². The number of para-hydroxylation sites is 1. The number of carbonyl (C=O) groups excluding carboxylic acids is 1. The fourth-order valence-electron chi connectivity index (χ4n) is 2.02. The monoisotopic (exact) mass is 247 g/mol. The van der Waals surface area contributed by atoms with Crippen LogP contribution in [0.1, 0.15) is 29.1 Å². The molecule has 1 unspecified atom stereocenters. The van der Waals surface area contributed by atoms with Crippen LogP contribution in [0.15, 0.2) is 18.2 Å². The van der Waals surface area contributed by atoms with Crippen LogP contribution in [0.25, 0.3) is 11.0 Å². The van der Waals surface area contributed by atoms with Crippen molar-refractivity contribution in [2.75, 3.05) is 0 Å². The highest BCUT2D eigenvalue weighted by atomic mass is 16.4. The van der Waals surface area contributed by atoms with E-state index in [1.54, 1.807) is 30.5 Å². The summed E-state index contributed by atoms with van der Waals surface area (Å²) in [7, 11) is 0. The highest BCUT2D eigenvalue weighted by Crippen LogP contribution is 2.23. The number of primary amides is 1. The number of carbonyl (C=O) groups is 2. The van der Waals surface area contributed by atoms with Crippen LogP contribution in [-0.4, -0.2) is 26.5 Å². The van der Waals surface area contributed by atoms with Crippen LogP contribution in [-0.2, 0) is 4.79 Å². The lowest BCUT2D eigenvalue weighted by molar-refractivity contribution is -0.120. The van der Waals surface area contributed by atoms with Gasteiger partial charge in [-0.1, -0.05) is 6.07 Å². The molecule has 6 nitrogen and oxygen atoms in total. The molecule has 0 spiro atoms.